The van der Waals surface area contributed by atoms with Gasteiger partial charge in [0.2, 0.25) is 0 Å². The minimum atomic E-state index is -0.361. The Kier molecular flexibility index (Phi) is 4.39. The maximum absolute atomic E-state index is 13.9. The molecule has 164 valence electrons. The molecule has 3 heterocycles. The largest absolute Gasteiger partial charge is 0.349 e. The Labute approximate surface area is 196 Å². The molecule has 2 aliphatic heterocycles. The molecule has 33 heavy (non-hydrogen) atoms. The number of carbonyl (C=O) groups excluding carboxylic acids is 2. The molecule has 0 radical (unpaired) electrons. The summed E-state index contributed by atoms with van der Waals surface area (Å²) in [7, 11) is 2.00. The number of hydrogen-bond donors (Lipinski definition) is 0. The van der Waals surface area contributed by atoms with E-state index in [0.29, 0.717) is 29.1 Å². The van der Waals surface area contributed by atoms with Gasteiger partial charge in [0.05, 0.1) is 22.5 Å². The van der Waals surface area contributed by atoms with Crippen molar-refractivity contribution in [1.82, 2.24) is 9.47 Å². The van der Waals surface area contributed by atoms with Crippen LogP contribution in [-0.2, 0) is 6.42 Å². The SMILES string of the molecule is Cc1ccc2c(c1)c1c(n2C(=O)c2ccc(Cl)cc2)C2N(CC1)C(=O)c1ccccc1N2C. The molecular weight excluding hydrogens is 434 g/mol. The fourth-order valence-electron chi connectivity index (χ4n) is 5.32. The van der Waals surface area contributed by atoms with Crippen LogP contribution >= 0.6 is 11.6 Å². The molecule has 2 aliphatic rings. The summed E-state index contributed by atoms with van der Waals surface area (Å²) in [6, 6.07) is 20.8. The smallest absolute Gasteiger partial charge is 0.262 e. The quantitative estimate of drug-likeness (QED) is 0.384. The number of hydrogen-bond acceptors (Lipinski definition) is 3. The molecule has 0 saturated heterocycles. The van der Waals surface area contributed by atoms with Gasteiger partial charge in [-0.25, -0.2) is 0 Å². The van der Waals surface area contributed by atoms with Crippen LogP contribution in [0.5, 0.6) is 0 Å². The van der Waals surface area contributed by atoms with Crippen LogP contribution in [-0.4, -0.2) is 34.9 Å². The Morgan fingerprint density at radius 3 is 2.58 bits per heavy atom. The second kappa shape index (κ2) is 7.22. The Morgan fingerprint density at radius 1 is 1.03 bits per heavy atom. The standard InChI is InChI=1S/C27H22ClN3O2/c1-16-7-12-23-21(15-16)19-13-14-30-25(29(2)22-6-4-3-5-20(22)27(30)33)24(19)31(23)26(32)17-8-10-18(28)11-9-17/h3-12,15,25H,13-14H2,1-2H3. The van der Waals surface area contributed by atoms with E-state index in [4.69, 9.17) is 11.6 Å². The highest BCUT2D eigenvalue weighted by atomic mass is 35.5. The number of carbonyl (C=O) groups is 2. The molecule has 1 amide bonds. The van der Waals surface area contributed by atoms with Gasteiger partial charge in [0.1, 0.15) is 6.17 Å². The van der Waals surface area contributed by atoms with E-state index in [0.717, 1.165) is 33.4 Å². The van der Waals surface area contributed by atoms with Crippen molar-refractivity contribution in [1.29, 1.82) is 0 Å². The van der Waals surface area contributed by atoms with Gasteiger partial charge in [-0.2, -0.15) is 0 Å². The maximum Gasteiger partial charge on any atom is 0.262 e. The van der Waals surface area contributed by atoms with E-state index in [1.54, 1.807) is 24.3 Å². The fraction of sp³-hybridized carbons (Fsp3) is 0.185. The van der Waals surface area contributed by atoms with Crippen LogP contribution in [0.15, 0.2) is 66.7 Å². The molecule has 0 N–H and O–H groups in total. The van der Waals surface area contributed by atoms with Crippen LogP contribution in [0.3, 0.4) is 0 Å². The number of amides is 1. The fourth-order valence-corrected chi connectivity index (χ4v) is 5.45. The van der Waals surface area contributed by atoms with E-state index in [-0.39, 0.29) is 18.0 Å². The number of aryl methyl sites for hydroxylation is 1. The van der Waals surface area contributed by atoms with Crippen molar-refractivity contribution in [2.45, 2.75) is 19.5 Å². The van der Waals surface area contributed by atoms with E-state index < -0.39 is 0 Å². The van der Waals surface area contributed by atoms with Crippen molar-refractivity contribution in [3.05, 3.63) is 99.7 Å². The zero-order valence-electron chi connectivity index (χ0n) is 18.4. The minimum absolute atomic E-state index is 0.00581. The lowest BCUT2D eigenvalue weighted by atomic mass is 9.95. The molecule has 0 aliphatic carbocycles. The summed E-state index contributed by atoms with van der Waals surface area (Å²) in [5.74, 6) is -0.116. The Morgan fingerprint density at radius 2 is 1.79 bits per heavy atom. The third kappa shape index (κ3) is 2.85. The summed E-state index contributed by atoms with van der Waals surface area (Å²) in [6.45, 7) is 2.67. The van der Waals surface area contributed by atoms with E-state index in [9.17, 15) is 9.59 Å². The molecule has 3 aromatic carbocycles. The third-order valence-corrected chi connectivity index (χ3v) is 7.10. The van der Waals surface area contributed by atoms with E-state index in [1.165, 1.54) is 0 Å². The number of rotatable bonds is 1. The van der Waals surface area contributed by atoms with Gasteiger partial charge in [0, 0.05) is 29.6 Å². The van der Waals surface area contributed by atoms with Gasteiger partial charge < -0.3 is 9.80 Å². The normalized spacial score (nSPS) is 17.1. The van der Waals surface area contributed by atoms with Crippen LogP contribution in [0.25, 0.3) is 10.9 Å². The summed E-state index contributed by atoms with van der Waals surface area (Å²) in [5, 5.41) is 1.66. The Balaban J connectivity index is 1.63. The highest BCUT2D eigenvalue weighted by molar-refractivity contribution is 6.30. The first-order valence-corrected chi connectivity index (χ1v) is 11.4. The van der Waals surface area contributed by atoms with Gasteiger partial charge in [0.15, 0.2) is 0 Å². The summed E-state index contributed by atoms with van der Waals surface area (Å²) in [6.07, 6.45) is 0.342. The zero-order valence-corrected chi connectivity index (χ0v) is 19.1. The number of fused-ring (bicyclic) bond motifs is 6. The minimum Gasteiger partial charge on any atom is -0.349 e. The van der Waals surface area contributed by atoms with Crippen molar-refractivity contribution >= 4 is 40.0 Å². The number of nitrogens with zero attached hydrogens (tertiary/aromatic N) is 3. The average Bonchev–Trinajstić information content (AvgIpc) is 3.15. The number of halogens is 1. The second-order valence-corrected chi connectivity index (χ2v) is 9.22. The molecule has 1 unspecified atom stereocenters. The van der Waals surface area contributed by atoms with Crippen LogP contribution < -0.4 is 4.90 Å². The molecule has 0 spiro atoms. The summed E-state index contributed by atoms with van der Waals surface area (Å²) < 4.78 is 1.81. The summed E-state index contributed by atoms with van der Waals surface area (Å²) in [5.41, 5.74) is 6.14. The Hall–Kier alpha value is -3.57. The molecule has 4 aromatic rings. The van der Waals surface area contributed by atoms with Gasteiger partial charge in [-0.3, -0.25) is 14.2 Å². The van der Waals surface area contributed by atoms with Crippen molar-refractivity contribution in [3.63, 3.8) is 0 Å². The predicted molar refractivity (Wildman–Crippen MR) is 130 cm³/mol. The first-order valence-electron chi connectivity index (χ1n) is 11.0. The topological polar surface area (TPSA) is 45.6 Å². The highest BCUT2D eigenvalue weighted by Gasteiger charge is 2.43. The number of aromatic nitrogens is 1. The second-order valence-electron chi connectivity index (χ2n) is 8.78. The number of anilines is 1. The monoisotopic (exact) mass is 455 g/mol. The van der Waals surface area contributed by atoms with Gasteiger partial charge in [0.25, 0.3) is 11.8 Å². The van der Waals surface area contributed by atoms with Crippen molar-refractivity contribution in [3.8, 4) is 0 Å². The van der Waals surface area contributed by atoms with Crippen molar-refractivity contribution < 1.29 is 9.59 Å². The van der Waals surface area contributed by atoms with Gasteiger partial charge in [-0.15, -0.1) is 0 Å². The first kappa shape index (κ1) is 20.1. The lowest BCUT2D eigenvalue weighted by Crippen LogP contribution is -2.51. The lowest BCUT2D eigenvalue weighted by Gasteiger charge is -2.46. The number of benzene rings is 3. The van der Waals surface area contributed by atoms with Gasteiger partial charge in [-0.05, 0) is 67.4 Å². The van der Waals surface area contributed by atoms with E-state index >= 15 is 0 Å². The summed E-state index contributed by atoms with van der Waals surface area (Å²) in [4.78, 5) is 31.4. The van der Waals surface area contributed by atoms with Crippen LogP contribution in [0.1, 0.15) is 43.7 Å². The van der Waals surface area contributed by atoms with E-state index in [1.807, 2.05) is 52.9 Å². The predicted octanol–water partition coefficient (Wildman–Crippen LogP) is 5.44. The summed E-state index contributed by atoms with van der Waals surface area (Å²) >= 11 is 6.07. The lowest BCUT2D eigenvalue weighted by molar-refractivity contribution is 0.0624. The molecule has 1 aromatic heterocycles. The van der Waals surface area contributed by atoms with Crippen LogP contribution in [0.4, 0.5) is 5.69 Å². The van der Waals surface area contributed by atoms with Gasteiger partial charge in [-0.1, -0.05) is 35.4 Å². The Bertz CT molecular complexity index is 1450. The molecule has 6 heteroatoms. The zero-order chi connectivity index (χ0) is 22.9. The molecule has 5 nitrogen and oxygen atoms in total. The molecule has 6 rings (SSSR count). The maximum atomic E-state index is 13.9. The molecule has 1 atom stereocenters. The number of para-hydroxylation sites is 1. The third-order valence-electron chi connectivity index (χ3n) is 6.85. The molecular formula is C27H22ClN3O2. The first-order chi connectivity index (χ1) is 16.0. The molecule has 0 bridgehead atoms. The van der Waals surface area contributed by atoms with Crippen LogP contribution in [0.2, 0.25) is 5.02 Å². The van der Waals surface area contributed by atoms with Crippen LogP contribution in [0, 0.1) is 6.92 Å². The van der Waals surface area contributed by atoms with Crippen molar-refractivity contribution in [2.24, 2.45) is 0 Å². The van der Waals surface area contributed by atoms with Crippen molar-refractivity contribution in [2.75, 3.05) is 18.5 Å². The molecule has 0 fully saturated rings. The highest BCUT2D eigenvalue weighted by Crippen LogP contribution is 2.44. The average molecular weight is 456 g/mol. The van der Waals surface area contributed by atoms with E-state index in [2.05, 4.69) is 17.9 Å². The molecule has 0 saturated carbocycles. The van der Waals surface area contributed by atoms with Gasteiger partial charge >= 0.3 is 0 Å².